The number of aryl methyl sites for hydroxylation is 1. The number of likely N-dealkylation sites (tertiary alicyclic amines) is 1. The number of hydrogen-bond donors (Lipinski definition) is 1. The summed E-state index contributed by atoms with van der Waals surface area (Å²) in [5, 5.41) is 6.62. The van der Waals surface area contributed by atoms with Gasteiger partial charge in [-0.25, -0.2) is 9.18 Å². The summed E-state index contributed by atoms with van der Waals surface area (Å²) >= 11 is 0. The third-order valence-electron chi connectivity index (χ3n) is 6.21. The van der Waals surface area contributed by atoms with E-state index < -0.39 is 17.7 Å². The molecule has 8 nitrogen and oxygen atoms in total. The van der Waals surface area contributed by atoms with Gasteiger partial charge < -0.3 is 19.5 Å². The molecule has 0 unspecified atom stereocenters. The van der Waals surface area contributed by atoms with E-state index in [2.05, 4.69) is 10.5 Å². The first-order valence-corrected chi connectivity index (χ1v) is 12.1. The summed E-state index contributed by atoms with van der Waals surface area (Å²) < 4.78 is 24.7. The molecule has 1 fully saturated rings. The molecule has 0 saturated carbocycles. The fourth-order valence-corrected chi connectivity index (χ4v) is 4.30. The van der Waals surface area contributed by atoms with Crippen LogP contribution in [0.25, 0.3) is 6.08 Å². The van der Waals surface area contributed by atoms with Gasteiger partial charge in [-0.1, -0.05) is 23.4 Å². The minimum Gasteiger partial charge on any atom is -0.462 e. The number of benzene rings is 2. The highest BCUT2D eigenvalue weighted by atomic mass is 19.1. The molecule has 1 aliphatic heterocycles. The Balaban J connectivity index is 1.32. The molecular formula is C28H28FN3O5. The topological polar surface area (TPSA) is 102 Å². The monoisotopic (exact) mass is 505 g/mol. The number of hydrogen-bond acceptors (Lipinski definition) is 6. The zero-order valence-corrected chi connectivity index (χ0v) is 20.7. The van der Waals surface area contributed by atoms with Crippen molar-refractivity contribution >= 4 is 29.5 Å². The van der Waals surface area contributed by atoms with Crippen molar-refractivity contribution in [1.29, 1.82) is 0 Å². The van der Waals surface area contributed by atoms with Crippen LogP contribution in [0.5, 0.6) is 0 Å². The van der Waals surface area contributed by atoms with Crippen LogP contribution in [0.1, 0.15) is 63.4 Å². The standard InChI is InChI=1S/C28H28FN3O5/c1-3-36-28(35)24-6-4-5-23(26(24)29)27(34)32-15-13-20(14-16-32)19-7-9-21(10-8-19)30-25(33)12-11-22-17-18(2)37-31-22/h4-12,17,20H,3,13-16H2,1-2H3,(H,30,33)/b12-11+. The van der Waals surface area contributed by atoms with Crippen LogP contribution in [0.2, 0.25) is 0 Å². The van der Waals surface area contributed by atoms with Crippen molar-refractivity contribution in [2.45, 2.75) is 32.6 Å². The lowest BCUT2D eigenvalue weighted by atomic mass is 9.89. The quantitative estimate of drug-likeness (QED) is 0.359. The molecule has 3 aromatic rings. The number of nitrogens with zero attached hydrogens (tertiary/aromatic N) is 2. The molecule has 2 heterocycles. The maximum atomic E-state index is 14.9. The van der Waals surface area contributed by atoms with Gasteiger partial charge in [0.15, 0.2) is 0 Å². The molecule has 0 atom stereocenters. The van der Waals surface area contributed by atoms with Crippen molar-refractivity contribution in [2.75, 3.05) is 25.0 Å². The lowest BCUT2D eigenvalue weighted by Gasteiger charge is -2.32. The molecule has 1 aliphatic rings. The van der Waals surface area contributed by atoms with Crippen molar-refractivity contribution in [3.05, 3.63) is 88.6 Å². The van der Waals surface area contributed by atoms with Gasteiger partial charge in [0.05, 0.1) is 17.7 Å². The van der Waals surface area contributed by atoms with Gasteiger partial charge in [0.1, 0.15) is 17.3 Å². The first-order valence-electron chi connectivity index (χ1n) is 12.1. The molecule has 192 valence electrons. The summed E-state index contributed by atoms with van der Waals surface area (Å²) in [5.74, 6) is -1.44. The van der Waals surface area contributed by atoms with E-state index >= 15 is 0 Å². The van der Waals surface area contributed by atoms with E-state index in [-0.39, 0.29) is 29.6 Å². The maximum Gasteiger partial charge on any atom is 0.341 e. The van der Waals surface area contributed by atoms with E-state index in [0.29, 0.717) is 30.2 Å². The largest absolute Gasteiger partial charge is 0.462 e. The molecule has 0 aliphatic carbocycles. The summed E-state index contributed by atoms with van der Waals surface area (Å²) in [6, 6.07) is 13.5. The average molecular weight is 506 g/mol. The maximum absolute atomic E-state index is 14.9. The SMILES string of the molecule is CCOC(=O)c1cccc(C(=O)N2CCC(c3ccc(NC(=O)/C=C/c4cc(C)on4)cc3)CC2)c1F. The van der Waals surface area contributed by atoms with Crippen LogP contribution in [0.3, 0.4) is 0 Å². The number of nitrogens with one attached hydrogen (secondary N) is 1. The zero-order valence-electron chi connectivity index (χ0n) is 20.7. The second-order valence-electron chi connectivity index (χ2n) is 8.76. The number of aromatic nitrogens is 1. The molecule has 9 heteroatoms. The first-order chi connectivity index (χ1) is 17.9. The Hall–Kier alpha value is -4.27. The normalized spacial score (nSPS) is 14.1. The third-order valence-corrected chi connectivity index (χ3v) is 6.21. The number of ether oxygens (including phenoxy) is 1. The third kappa shape index (κ3) is 6.30. The van der Waals surface area contributed by atoms with E-state index in [1.807, 2.05) is 24.3 Å². The predicted molar refractivity (Wildman–Crippen MR) is 136 cm³/mol. The summed E-state index contributed by atoms with van der Waals surface area (Å²) in [7, 11) is 0. The van der Waals surface area contributed by atoms with Crippen LogP contribution in [0, 0.1) is 12.7 Å². The van der Waals surface area contributed by atoms with E-state index in [4.69, 9.17) is 9.26 Å². The zero-order chi connectivity index (χ0) is 26.4. The van der Waals surface area contributed by atoms with Gasteiger partial charge in [0.25, 0.3) is 5.91 Å². The molecule has 2 amide bonds. The highest BCUT2D eigenvalue weighted by molar-refractivity contribution is 6.01. The number of rotatable bonds is 7. The molecule has 37 heavy (non-hydrogen) atoms. The van der Waals surface area contributed by atoms with Gasteiger partial charge in [0, 0.05) is 30.9 Å². The highest BCUT2D eigenvalue weighted by Crippen LogP contribution is 2.30. The van der Waals surface area contributed by atoms with Gasteiger partial charge >= 0.3 is 5.97 Å². The second kappa shape index (κ2) is 11.6. The van der Waals surface area contributed by atoms with Crippen LogP contribution < -0.4 is 5.32 Å². The number of carbonyl (C=O) groups is 3. The summed E-state index contributed by atoms with van der Waals surface area (Å²) in [6.07, 6.45) is 4.41. The van der Waals surface area contributed by atoms with Gasteiger partial charge in [-0.3, -0.25) is 9.59 Å². The minimum atomic E-state index is -0.850. The Labute approximate surface area is 214 Å². The minimum absolute atomic E-state index is 0.123. The Morgan fingerprint density at radius 2 is 1.84 bits per heavy atom. The van der Waals surface area contributed by atoms with Crippen molar-refractivity contribution in [3.63, 3.8) is 0 Å². The number of piperidine rings is 1. The Bertz CT molecular complexity index is 1310. The number of halogens is 1. The molecule has 0 bridgehead atoms. The fraction of sp³-hybridized carbons (Fsp3) is 0.286. The van der Waals surface area contributed by atoms with Crippen molar-refractivity contribution in [1.82, 2.24) is 10.1 Å². The molecule has 1 saturated heterocycles. The molecule has 0 spiro atoms. The van der Waals surface area contributed by atoms with Crippen molar-refractivity contribution < 1.29 is 28.0 Å². The number of carbonyl (C=O) groups excluding carboxylic acids is 3. The Morgan fingerprint density at radius 1 is 1.14 bits per heavy atom. The summed E-state index contributed by atoms with van der Waals surface area (Å²) in [6.45, 7) is 4.48. The van der Waals surface area contributed by atoms with Crippen molar-refractivity contribution in [2.24, 2.45) is 0 Å². The summed E-state index contributed by atoms with van der Waals surface area (Å²) in [4.78, 5) is 38.7. The lowest BCUT2D eigenvalue weighted by molar-refractivity contribution is -0.111. The van der Waals surface area contributed by atoms with Crippen molar-refractivity contribution in [3.8, 4) is 0 Å². The summed E-state index contributed by atoms with van der Waals surface area (Å²) in [5.41, 5.74) is 1.98. The van der Waals surface area contributed by atoms with Crippen LogP contribution >= 0.6 is 0 Å². The molecule has 1 N–H and O–H groups in total. The van der Waals surface area contributed by atoms with E-state index in [1.165, 1.54) is 24.3 Å². The van der Waals surface area contributed by atoms with Gasteiger partial charge in [-0.05, 0) is 68.5 Å². The Morgan fingerprint density at radius 3 is 2.49 bits per heavy atom. The number of amides is 2. The van der Waals surface area contributed by atoms with Gasteiger partial charge in [-0.2, -0.15) is 0 Å². The van der Waals surface area contributed by atoms with Crippen LogP contribution in [-0.2, 0) is 9.53 Å². The second-order valence-corrected chi connectivity index (χ2v) is 8.76. The first kappa shape index (κ1) is 25.8. The molecular weight excluding hydrogens is 477 g/mol. The van der Waals surface area contributed by atoms with Crippen LogP contribution in [0.4, 0.5) is 10.1 Å². The van der Waals surface area contributed by atoms with E-state index in [0.717, 1.165) is 18.4 Å². The number of anilines is 1. The van der Waals surface area contributed by atoms with E-state index in [9.17, 15) is 18.8 Å². The predicted octanol–water partition coefficient (Wildman–Crippen LogP) is 4.97. The van der Waals surface area contributed by atoms with Gasteiger partial charge in [-0.15, -0.1) is 0 Å². The number of esters is 1. The average Bonchev–Trinajstić information content (AvgIpc) is 3.33. The molecule has 2 aromatic carbocycles. The van der Waals surface area contributed by atoms with Gasteiger partial charge in [0.2, 0.25) is 5.91 Å². The molecule has 4 rings (SSSR count). The van der Waals surface area contributed by atoms with Crippen LogP contribution in [0.15, 0.2) is 59.1 Å². The van der Waals surface area contributed by atoms with Crippen LogP contribution in [-0.4, -0.2) is 47.5 Å². The molecule has 0 radical (unpaired) electrons. The highest BCUT2D eigenvalue weighted by Gasteiger charge is 2.28. The van der Waals surface area contributed by atoms with E-state index in [1.54, 1.807) is 30.9 Å². The fourth-order valence-electron chi connectivity index (χ4n) is 4.30. The molecule has 1 aromatic heterocycles. The lowest BCUT2D eigenvalue weighted by Crippen LogP contribution is -2.38. The smallest absolute Gasteiger partial charge is 0.341 e. The Kier molecular flexibility index (Phi) is 8.12.